The molecule has 0 bridgehead atoms. The molecule has 0 aromatic carbocycles. The lowest BCUT2D eigenvalue weighted by molar-refractivity contribution is -0.130. The molecular weight excluding hydrogens is 304 g/mol. The Kier molecular flexibility index (Phi) is 4.71. The first-order valence-corrected chi connectivity index (χ1v) is 8.12. The van der Waals surface area contributed by atoms with Crippen LogP contribution in [0.3, 0.4) is 0 Å². The van der Waals surface area contributed by atoms with Crippen LogP contribution in [-0.4, -0.2) is 38.8 Å². The Morgan fingerprint density at radius 3 is 3.00 bits per heavy atom. The first-order chi connectivity index (χ1) is 11.6. The molecule has 1 amide bonds. The van der Waals surface area contributed by atoms with Gasteiger partial charge < -0.3 is 16.0 Å². The standard InChI is InChI=1S/C17H22N6O/c1-11-5-3-7-19-17(11)22-15-9-13(20-12(2)21-15)14-6-4-8-23(14)16(24)10-18/h3,5,7,9,14H,4,6,8,10,18H2,1-2H3,(H,19,20,21,22). The van der Waals surface area contributed by atoms with Crippen molar-refractivity contribution in [3.8, 4) is 0 Å². The highest BCUT2D eigenvalue weighted by molar-refractivity contribution is 5.78. The Hall–Kier alpha value is -2.54. The topological polar surface area (TPSA) is 97.0 Å². The Morgan fingerprint density at radius 2 is 2.25 bits per heavy atom. The second-order valence-corrected chi connectivity index (χ2v) is 5.97. The van der Waals surface area contributed by atoms with E-state index in [-0.39, 0.29) is 18.5 Å². The molecule has 0 radical (unpaired) electrons. The molecule has 24 heavy (non-hydrogen) atoms. The number of carbonyl (C=O) groups excluding carboxylic acids is 1. The first-order valence-electron chi connectivity index (χ1n) is 8.12. The number of rotatable bonds is 4. The summed E-state index contributed by atoms with van der Waals surface area (Å²) in [6.45, 7) is 4.59. The van der Waals surface area contributed by atoms with E-state index in [4.69, 9.17) is 5.73 Å². The molecule has 0 spiro atoms. The maximum atomic E-state index is 12.0. The SMILES string of the molecule is Cc1nc(Nc2ncccc2C)cc(C2CCCN2C(=O)CN)n1. The van der Waals surface area contributed by atoms with Crippen LogP contribution in [0.15, 0.2) is 24.4 Å². The van der Waals surface area contributed by atoms with Crippen LogP contribution in [0.4, 0.5) is 11.6 Å². The fourth-order valence-corrected chi connectivity index (χ4v) is 3.05. The van der Waals surface area contributed by atoms with E-state index < -0.39 is 0 Å². The summed E-state index contributed by atoms with van der Waals surface area (Å²) in [6.07, 6.45) is 3.59. The predicted molar refractivity (Wildman–Crippen MR) is 91.8 cm³/mol. The van der Waals surface area contributed by atoms with E-state index in [0.29, 0.717) is 11.6 Å². The molecule has 3 heterocycles. The molecule has 0 aliphatic carbocycles. The highest BCUT2D eigenvalue weighted by atomic mass is 16.2. The van der Waals surface area contributed by atoms with Gasteiger partial charge in [-0.2, -0.15) is 0 Å². The summed E-state index contributed by atoms with van der Waals surface area (Å²) < 4.78 is 0. The summed E-state index contributed by atoms with van der Waals surface area (Å²) in [7, 11) is 0. The van der Waals surface area contributed by atoms with E-state index in [2.05, 4.69) is 20.3 Å². The molecule has 7 heteroatoms. The number of nitrogens with zero attached hydrogens (tertiary/aromatic N) is 4. The molecule has 126 valence electrons. The molecule has 1 aliphatic rings. The van der Waals surface area contributed by atoms with E-state index in [0.717, 1.165) is 36.5 Å². The number of hydrogen-bond acceptors (Lipinski definition) is 6. The van der Waals surface area contributed by atoms with E-state index >= 15 is 0 Å². The third kappa shape index (κ3) is 3.35. The zero-order valence-corrected chi connectivity index (χ0v) is 14.0. The molecule has 1 fully saturated rings. The van der Waals surface area contributed by atoms with Crippen molar-refractivity contribution < 1.29 is 4.79 Å². The van der Waals surface area contributed by atoms with Gasteiger partial charge in [-0.15, -0.1) is 0 Å². The van der Waals surface area contributed by atoms with Gasteiger partial charge in [0, 0.05) is 18.8 Å². The summed E-state index contributed by atoms with van der Waals surface area (Å²) in [5.74, 6) is 2.08. The second-order valence-electron chi connectivity index (χ2n) is 5.97. The molecule has 3 N–H and O–H groups in total. The fraction of sp³-hybridized carbons (Fsp3) is 0.412. The minimum atomic E-state index is -0.0381. The van der Waals surface area contributed by atoms with Crippen LogP contribution in [0.1, 0.15) is 36.0 Å². The van der Waals surface area contributed by atoms with Crippen molar-refractivity contribution in [1.29, 1.82) is 0 Å². The number of aryl methyl sites for hydroxylation is 2. The highest BCUT2D eigenvalue weighted by Gasteiger charge is 2.30. The summed E-state index contributed by atoms with van der Waals surface area (Å²) in [5, 5.41) is 3.24. The highest BCUT2D eigenvalue weighted by Crippen LogP contribution is 2.32. The minimum absolute atomic E-state index is 0.0266. The number of likely N-dealkylation sites (tertiary alicyclic amines) is 1. The summed E-state index contributed by atoms with van der Waals surface area (Å²) >= 11 is 0. The monoisotopic (exact) mass is 326 g/mol. The third-order valence-electron chi connectivity index (χ3n) is 4.20. The number of amides is 1. The van der Waals surface area contributed by atoms with Crippen molar-refractivity contribution in [3.05, 3.63) is 41.5 Å². The molecule has 2 aromatic rings. The number of nitrogens with two attached hydrogens (primary N) is 1. The first kappa shape index (κ1) is 16.3. The van der Waals surface area contributed by atoms with Crippen LogP contribution < -0.4 is 11.1 Å². The van der Waals surface area contributed by atoms with E-state index in [1.54, 1.807) is 6.20 Å². The van der Waals surface area contributed by atoms with Crippen LogP contribution in [0.5, 0.6) is 0 Å². The zero-order chi connectivity index (χ0) is 17.1. The smallest absolute Gasteiger partial charge is 0.236 e. The van der Waals surface area contributed by atoms with Gasteiger partial charge in [0.05, 0.1) is 18.3 Å². The van der Waals surface area contributed by atoms with Gasteiger partial charge >= 0.3 is 0 Å². The molecule has 7 nitrogen and oxygen atoms in total. The van der Waals surface area contributed by atoms with Gasteiger partial charge in [-0.1, -0.05) is 6.07 Å². The average molecular weight is 326 g/mol. The van der Waals surface area contributed by atoms with Crippen LogP contribution in [0.2, 0.25) is 0 Å². The van der Waals surface area contributed by atoms with Crippen molar-refractivity contribution in [2.24, 2.45) is 5.73 Å². The second kappa shape index (κ2) is 6.92. The average Bonchev–Trinajstić information content (AvgIpc) is 3.05. The lowest BCUT2D eigenvalue weighted by Crippen LogP contribution is -2.35. The van der Waals surface area contributed by atoms with Gasteiger partial charge in [-0.25, -0.2) is 15.0 Å². The largest absolute Gasteiger partial charge is 0.333 e. The lowest BCUT2D eigenvalue weighted by Gasteiger charge is -2.24. The predicted octanol–water partition coefficient (Wildman–Crippen LogP) is 1.85. The Balaban J connectivity index is 1.89. The van der Waals surface area contributed by atoms with Crippen LogP contribution in [0, 0.1) is 13.8 Å². The zero-order valence-electron chi connectivity index (χ0n) is 14.0. The van der Waals surface area contributed by atoms with E-state index in [1.165, 1.54) is 0 Å². The molecule has 1 atom stereocenters. The Bertz CT molecular complexity index is 748. The molecule has 0 saturated carbocycles. The van der Waals surface area contributed by atoms with Gasteiger partial charge in [0.25, 0.3) is 0 Å². The number of aromatic nitrogens is 3. The van der Waals surface area contributed by atoms with Crippen LogP contribution in [-0.2, 0) is 4.79 Å². The van der Waals surface area contributed by atoms with Gasteiger partial charge in [-0.05, 0) is 38.3 Å². The van der Waals surface area contributed by atoms with E-state index in [1.807, 2.05) is 36.9 Å². The maximum absolute atomic E-state index is 12.0. The van der Waals surface area contributed by atoms with Crippen molar-refractivity contribution >= 4 is 17.5 Å². The maximum Gasteiger partial charge on any atom is 0.236 e. The number of nitrogens with one attached hydrogen (secondary N) is 1. The summed E-state index contributed by atoms with van der Waals surface area (Å²) in [4.78, 5) is 27.2. The van der Waals surface area contributed by atoms with Gasteiger partial charge in [-0.3, -0.25) is 4.79 Å². The van der Waals surface area contributed by atoms with Crippen molar-refractivity contribution in [2.75, 3.05) is 18.4 Å². The molecular formula is C17H22N6O. The van der Waals surface area contributed by atoms with Gasteiger partial charge in [0.1, 0.15) is 17.5 Å². The molecule has 1 unspecified atom stereocenters. The molecule has 2 aromatic heterocycles. The molecule has 1 saturated heterocycles. The number of carbonyl (C=O) groups is 1. The number of pyridine rings is 1. The molecule has 3 rings (SSSR count). The van der Waals surface area contributed by atoms with Crippen molar-refractivity contribution in [1.82, 2.24) is 19.9 Å². The van der Waals surface area contributed by atoms with Crippen LogP contribution in [0.25, 0.3) is 0 Å². The lowest BCUT2D eigenvalue weighted by atomic mass is 10.1. The third-order valence-corrected chi connectivity index (χ3v) is 4.20. The summed E-state index contributed by atoms with van der Waals surface area (Å²) in [6, 6.07) is 5.75. The number of hydrogen-bond donors (Lipinski definition) is 2. The van der Waals surface area contributed by atoms with Crippen LogP contribution >= 0.6 is 0 Å². The van der Waals surface area contributed by atoms with Gasteiger partial charge in [0.2, 0.25) is 5.91 Å². The van der Waals surface area contributed by atoms with E-state index in [9.17, 15) is 4.79 Å². The van der Waals surface area contributed by atoms with Crippen molar-refractivity contribution in [2.45, 2.75) is 32.7 Å². The molecule has 1 aliphatic heterocycles. The number of anilines is 2. The minimum Gasteiger partial charge on any atom is -0.333 e. The quantitative estimate of drug-likeness (QED) is 0.890. The Labute approximate surface area is 141 Å². The fourth-order valence-electron chi connectivity index (χ4n) is 3.05. The van der Waals surface area contributed by atoms with Gasteiger partial charge in [0.15, 0.2) is 0 Å². The normalized spacial score (nSPS) is 17.1. The van der Waals surface area contributed by atoms with Crippen molar-refractivity contribution in [3.63, 3.8) is 0 Å². The summed E-state index contributed by atoms with van der Waals surface area (Å²) in [5.41, 5.74) is 7.41. The Morgan fingerprint density at radius 1 is 1.42 bits per heavy atom.